The normalized spacial score (nSPS) is 10.3. The summed E-state index contributed by atoms with van der Waals surface area (Å²) in [6, 6.07) is 13.9. The van der Waals surface area contributed by atoms with Crippen molar-refractivity contribution in [3.63, 3.8) is 0 Å². The Balaban J connectivity index is 2.00. The van der Waals surface area contributed by atoms with Crippen molar-refractivity contribution >= 4 is 40.0 Å². The van der Waals surface area contributed by atoms with E-state index in [1.54, 1.807) is 19.4 Å². The molecule has 0 saturated carbocycles. The van der Waals surface area contributed by atoms with Gasteiger partial charge in [0, 0.05) is 34.6 Å². The summed E-state index contributed by atoms with van der Waals surface area (Å²) < 4.78 is 1.13. The molecule has 3 aromatic rings. The molecule has 5 nitrogen and oxygen atoms in total. The molecule has 22 heavy (non-hydrogen) atoms. The largest absolute Gasteiger partial charge is 0.357 e. The van der Waals surface area contributed by atoms with E-state index in [1.807, 2.05) is 42.5 Å². The number of pyridine rings is 1. The van der Waals surface area contributed by atoms with E-state index < -0.39 is 0 Å². The van der Waals surface area contributed by atoms with Gasteiger partial charge in [-0.25, -0.2) is 4.98 Å². The second-order valence-electron chi connectivity index (χ2n) is 4.56. The number of nitrogens with one attached hydrogen (secondary N) is 2. The molecule has 0 spiro atoms. The molecule has 2 heterocycles. The number of benzene rings is 1. The minimum Gasteiger partial charge on any atom is -0.357 e. The minimum atomic E-state index is 0.565. The van der Waals surface area contributed by atoms with E-state index in [0.717, 1.165) is 26.3 Å². The number of hydrogen-bond donors (Lipinski definition) is 2. The molecule has 0 saturated heterocycles. The van der Waals surface area contributed by atoms with Crippen LogP contribution >= 0.6 is 22.6 Å². The van der Waals surface area contributed by atoms with E-state index in [2.05, 4.69) is 48.2 Å². The highest BCUT2D eigenvalue weighted by molar-refractivity contribution is 14.1. The number of hydrogen-bond acceptors (Lipinski definition) is 5. The van der Waals surface area contributed by atoms with Crippen molar-refractivity contribution in [2.24, 2.45) is 0 Å². The standard InChI is InChI=1S/C16H14IN5/c1-18-16-21-14(11-5-4-8-19-10-11)9-15(22-16)20-13-7-3-2-6-12(13)17/h2-10H,1H3,(H2,18,20,21,22). The highest BCUT2D eigenvalue weighted by Gasteiger charge is 2.07. The summed E-state index contributed by atoms with van der Waals surface area (Å²) in [5, 5.41) is 6.33. The quantitative estimate of drug-likeness (QED) is 0.647. The zero-order chi connectivity index (χ0) is 15.4. The molecule has 0 atom stereocenters. The zero-order valence-corrected chi connectivity index (χ0v) is 14.1. The maximum atomic E-state index is 4.48. The van der Waals surface area contributed by atoms with Gasteiger partial charge in [0.25, 0.3) is 0 Å². The first-order chi connectivity index (χ1) is 10.8. The van der Waals surface area contributed by atoms with Crippen LogP contribution in [0.1, 0.15) is 0 Å². The van der Waals surface area contributed by atoms with Crippen molar-refractivity contribution in [3.05, 3.63) is 58.4 Å². The fourth-order valence-electron chi connectivity index (χ4n) is 1.99. The van der Waals surface area contributed by atoms with Crippen LogP contribution in [0.3, 0.4) is 0 Å². The SMILES string of the molecule is CNc1nc(Nc2ccccc2I)cc(-c2cccnc2)n1. The van der Waals surface area contributed by atoms with Crippen molar-refractivity contribution < 1.29 is 0 Å². The first kappa shape index (κ1) is 14.7. The van der Waals surface area contributed by atoms with Crippen LogP contribution in [0, 0.1) is 3.57 Å². The molecular formula is C16H14IN5. The van der Waals surface area contributed by atoms with Gasteiger partial charge < -0.3 is 10.6 Å². The lowest BCUT2D eigenvalue weighted by Crippen LogP contribution is -2.02. The molecule has 110 valence electrons. The number of rotatable bonds is 4. The van der Waals surface area contributed by atoms with E-state index in [1.165, 1.54) is 0 Å². The van der Waals surface area contributed by atoms with Gasteiger partial charge in [-0.3, -0.25) is 4.98 Å². The lowest BCUT2D eigenvalue weighted by molar-refractivity contribution is 1.15. The Morgan fingerprint density at radius 2 is 1.91 bits per heavy atom. The van der Waals surface area contributed by atoms with Gasteiger partial charge in [-0.05, 0) is 46.9 Å². The van der Waals surface area contributed by atoms with Crippen molar-refractivity contribution in [2.45, 2.75) is 0 Å². The van der Waals surface area contributed by atoms with E-state index in [0.29, 0.717) is 5.95 Å². The zero-order valence-electron chi connectivity index (χ0n) is 11.9. The first-order valence-corrected chi connectivity index (χ1v) is 7.83. The summed E-state index contributed by atoms with van der Waals surface area (Å²) in [4.78, 5) is 13.1. The molecule has 6 heteroatoms. The van der Waals surface area contributed by atoms with Gasteiger partial charge in [0.2, 0.25) is 5.95 Å². The summed E-state index contributed by atoms with van der Waals surface area (Å²) in [5.74, 6) is 1.30. The smallest absolute Gasteiger partial charge is 0.224 e. The molecule has 0 radical (unpaired) electrons. The number of aromatic nitrogens is 3. The monoisotopic (exact) mass is 403 g/mol. The third-order valence-corrected chi connectivity index (χ3v) is 3.98. The minimum absolute atomic E-state index is 0.565. The van der Waals surface area contributed by atoms with Gasteiger partial charge in [0.05, 0.1) is 11.4 Å². The first-order valence-electron chi connectivity index (χ1n) is 6.75. The highest BCUT2D eigenvalue weighted by Crippen LogP contribution is 2.25. The molecule has 2 N–H and O–H groups in total. The van der Waals surface area contributed by atoms with Crippen molar-refractivity contribution in [1.29, 1.82) is 0 Å². The van der Waals surface area contributed by atoms with Gasteiger partial charge in [0.1, 0.15) is 5.82 Å². The van der Waals surface area contributed by atoms with Gasteiger partial charge in [-0.2, -0.15) is 4.98 Å². The van der Waals surface area contributed by atoms with Crippen LogP contribution in [0.2, 0.25) is 0 Å². The number of halogens is 1. The maximum Gasteiger partial charge on any atom is 0.224 e. The van der Waals surface area contributed by atoms with Crippen LogP contribution in [0.5, 0.6) is 0 Å². The molecule has 1 aromatic carbocycles. The van der Waals surface area contributed by atoms with Crippen molar-refractivity contribution in [3.8, 4) is 11.3 Å². The van der Waals surface area contributed by atoms with Crippen LogP contribution in [-0.4, -0.2) is 22.0 Å². The predicted octanol–water partition coefficient (Wildman–Crippen LogP) is 3.93. The van der Waals surface area contributed by atoms with Gasteiger partial charge in [-0.1, -0.05) is 12.1 Å². The number of para-hydroxylation sites is 1. The van der Waals surface area contributed by atoms with Crippen LogP contribution in [-0.2, 0) is 0 Å². The van der Waals surface area contributed by atoms with Crippen LogP contribution in [0.4, 0.5) is 17.5 Å². The van der Waals surface area contributed by atoms with Crippen LogP contribution in [0.15, 0.2) is 54.9 Å². The predicted molar refractivity (Wildman–Crippen MR) is 97.3 cm³/mol. The van der Waals surface area contributed by atoms with Gasteiger partial charge >= 0.3 is 0 Å². The molecule has 0 unspecified atom stereocenters. The van der Waals surface area contributed by atoms with E-state index >= 15 is 0 Å². The molecule has 0 amide bonds. The Morgan fingerprint density at radius 3 is 2.64 bits per heavy atom. The fourth-order valence-corrected chi connectivity index (χ4v) is 2.51. The summed E-state index contributed by atoms with van der Waals surface area (Å²) in [5.41, 5.74) is 2.79. The van der Waals surface area contributed by atoms with Gasteiger partial charge in [0.15, 0.2) is 0 Å². The summed E-state index contributed by atoms with van der Waals surface area (Å²) in [6.07, 6.45) is 3.53. The molecular weight excluding hydrogens is 389 g/mol. The average molecular weight is 403 g/mol. The van der Waals surface area contributed by atoms with E-state index in [4.69, 9.17) is 0 Å². The second-order valence-corrected chi connectivity index (χ2v) is 5.72. The topological polar surface area (TPSA) is 62.7 Å². The molecule has 0 bridgehead atoms. The molecule has 2 aromatic heterocycles. The van der Waals surface area contributed by atoms with Crippen molar-refractivity contribution in [1.82, 2.24) is 15.0 Å². The second kappa shape index (κ2) is 6.69. The van der Waals surface area contributed by atoms with Crippen LogP contribution in [0.25, 0.3) is 11.3 Å². The third-order valence-electron chi connectivity index (χ3n) is 3.04. The van der Waals surface area contributed by atoms with Crippen LogP contribution < -0.4 is 10.6 Å². The number of anilines is 3. The Labute approximate surface area is 142 Å². The Bertz CT molecular complexity index is 776. The Morgan fingerprint density at radius 1 is 1.05 bits per heavy atom. The molecule has 0 aliphatic heterocycles. The average Bonchev–Trinajstić information content (AvgIpc) is 2.57. The lowest BCUT2D eigenvalue weighted by atomic mass is 10.2. The molecule has 3 rings (SSSR count). The van der Waals surface area contributed by atoms with Crippen molar-refractivity contribution in [2.75, 3.05) is 17.7 Å². The highest BCUT2D eigenvalue weighted by atomic mass is 127. The molecule has 0 aliphatic rings. The fraction of sp³-hybridized carbons (Fsp3) is 0.0625. The summed E-state index contributed by atoms with van der Waals surface area (Å²) in [7, 11) is 1.80. The summed E-state index contributed by atoms with van der Waals surface area (Å²) in [6.45, 7) is 0. The third kappa shape index (κ3) is 3.33. The lowest BCUT2D eigenvalue weighted by Gasteiger charge is -2.11. The number of nitrogens with zero attached hydrogens (tertiary/aromatic N) is 3. The van der Waals surface area contributed by atoms with E-state index in [-0.39, 0.29) is 0 Å². The Kier molecular flexibility index (Phi) is 4.47. The maximum absolute atomic E-state index is 4.48. The van der Waals surface area contributed by atoms with Gasteiger partial charge in [-0.15, -0.1) is 0 Å². The Hall–Kier alpha value is -2.22. The molecule has 0 aliphatic carbocycles. The summed E-state index contributed by atoms with van der Waals surface area (Å²) >= 11 is 2.29. The molecule has 0 fully saturated rings. The van der Waals surface area contributed by atoms with E-state index in [9.17, 15) is 0 Å².